The molecule has 0 spiro atoms. The van der Waals surface area contributed by atoms with Crippen molar-refractivity contribution in [3.8, 4) is 5.82 Å². The van der Waals surface area contributed by atoms with Crippen molar-refractivity contribution in [1.82, 2.24) is 24.6 Å². The maximum absolute atomic E-state index is 12.4. The summed E-state index contributed by atoms with van der Waals surface area (Å²) < 4.78 is 8.94. The van der Waals surface area contributed by atoms with Crippen molar-refractivity contribution < 1.29 is 9.53 Å². The van der Waals surface area contributed by atoms with E-state index in [0.717, 1.165) is 45.1 Å². The molecular weight excluding hydrogens is 294 g/mol. The Kier molecular flexibility index (Phi) is 5.09. The second kappa shape index (κ2) is 7.43. The number of ether oxygens (including phenoxy) is 1. The van der Waals surface area contributed by atoms with Crippen LogP contribution in [0.1, 0.15) is 16.8 Å². The number of nitrogens with one attached hydrogen (secondary N) is 1. The number of carbonyl (C=O) groups is 1. The zero-order valence-electron chi connectivity index (χ0n) is 13.4. The van der Waals surface area contributed by atoms with Gasteiger partial charge in [-0.3, -0.25) is 14.4 Å². The molecule has 1 saturated heterocycles. The molecule has 124 valence electrons. The number of hydrogen-bond acceptors (Lipinski definition) is 4. The van der Waals surface area contributed by atoms with Crippen LogP contribution >= 0.6 is 0 Å². The van der Waals surface area contributed by atoms with E-state index in [1.54, 1.807) is 10.9 Å². The Balaban J connectivity index is 1.53. The third-order valence-electron chi connectivity index (χ3n) is 4.04. The molecule has 0 aromatic carbocycles. The Labute approximate surface area is 135 Å². The summed E-state index contributed by atoms with van der Waals surface area (Å²) in [6.07, 6.45) is 6.37. The first-order valence-electron chi connectivity index (χ1n) is 7.99. The molecule has 1 aliphatic rings. The van der Waals surface area contributed by atoms with Crippen LogP contribution in [0.25, 0.3) is 5.82 Å². The molecule has 7 nitrogen and oxygen atoms in total. The van der Waals surface area contributed by atoms with Crippen LogP contribution in [0, 0.1) is 0 Å². The lowest BCUT2D eigenvalue weighted by Gasteiger charge is -2.26. The molecule has 3 heterocycles. The van der Waals surface area contributed by atoms with E-state index in [2.05, 4.69) is 15.3 Å². The number of hydrogen-bond donors (Lipinski definition) is 1. The van der Waals surface area contributed by atoms with Gasteiger partial charge >= 0.3 is 0 Å². The van der Waals surface area contributed by atoms with E-state index in [0.29, 0.717) is 12.1 Å². The third kappa shape index (κ3) is 3.80. The van der Waals surface area contributed by atoms with Gasteiger partial charge in [0.25, 0.3) is 5.91 Å². The molecule has 1 aliphatic heterocycles. The van der Waals surface area contributed by atoms with E-state index in [4.69, 9.17) is 4.74 Å². The van der Waals surface area contributed by atoms with Gasteiger partial charge in [-0.15, -0.1) is 0 Å². The van der Waals surface area contributed by atoms with Crippen molar-refractivity contribution in [2.24, 2.45) is 7.05 Å². The highest BCUT2D eigenvalue weighted by Crippen LogP contribution is 2.13. The molecule has 23 heavy (non-hydrogen) atoms. The van der Waals surface area contributed by atoms with Crippen molar-refractivity contribution in [2.75, 3.05) is 39.4 Å². The molecule has 1 N–H and O–H groups in total. The summed E-state index contributed by atoms with van der Waals surface area (Å²) in [6.45, 7) is 5.23. The molecule has 2 aromatic rings. The fourth-order valence-electron chi connectivity index (χ4n) is 2.80. The summed E-state index contributed by atoms with van der Waals surface area (Å²) in [6, 6.07) is 3.86. The van der Waals surface area contributed by atoms with Gasteiger partial charge in [0.2, 0.25) is 0 Å². The maximum atomic E-state index is 12.4. The van der Waals surface area contributed by atoms with Crippen molar-refractivity contribution in [3.05, 3.63) is 36.3 Å². The van der Waals surface area contributed by atoms with Crippen LogP contribution < -0.4 is 5.32 Å². The van der Waals surface area contributed by atoms with Gasteiger partial charge in [0.1, 0.15) is 11.4 Å². The summed E-state index contributed by atoms with van der Waals surface area (Å²) >= 11 is 0. The topological polar surface area (TPSA) is 64.3 Å². The largest absolute Gasteiger partial charge is 0.379 e. The molecule has 1 fully saturated rings. The van der Waals surface area contributed by atoms with Gasteiger partial charge in [-0.2, -0.15) is 5.10 Å². The van der Waals surface area contributed by atoms with Crippen LogP contribution in [0.3, 0.4) is 0 Å². The van der Waals surface area contributed by atoms with Crippen LogP contribution in [-0.4, -0.2) is 64.5 Å². The molecule has 2 aromatic heterocycles. The lowest BCUT2D eigenvalue weighted by Crippen LogP contribution is -2.38. The van der Waals surface area contributed by atoms with E-state index in [-0.39, 0.29) is 5.91 Å². The molecular formula is C16H23N5O2. The Morgan fingerprint density at radius 1 is 1.30 bits per heavy atom. The standard InChI is InChI=1S/C16H23N5O2/c1-19-16(21-7-2-3-8-21)14(13-18-19)15(22)17-5-4-6-20-9-11-23-12-10-20/h2-3,7-8,13H,4-6,9-12H2,1H3,(H,17,22). The second-order valence-electron chi connectivity index (χ2n) is 5.66. The monoisotopic (exact) mass is 317 g/mol. The molecule has 0 unspecified atom stereocenters. The predicted molar refractivity (Wildman–Crippen MR) is 86.7 cm³/mol. The first-order chi connectivity index (χ1) is 11.3. The number of rotatable bonds is 6. The highest BCUT2D eigenvalue weighted by Gasteiger charge is 2.17. The fourth-order valence-corrected chi connectivity index (χ4v) is 2.80. The van der Waals surface area contributed by atoms with Gasteiger partial charge in [0.05, 0.1) is 19.4 Å². The van der Waals surface area contributed by atoms with E-state index < -0.39 is 0 Å². The molecule has 0 atom stereocenters. The average Bonchev–Trinajstić information content (AvgIpc) is 3.21. The normalized spacial score (nSPS) is 15.7. The molecule has 0 aliphatic carbocycles. The van der Waals surface area contributed by atoms with E-state index in [1.165, 1.54) is 0 Å². The van der Waals surface area contributed by atoms with Gasteiger partial charge in [0.15, 0.2) is 0 Å². The van der Waals surface area contributed by atoms with E-state index in [9.17, 15) is 4.79 Å². The lowest BCUT2D eigenvalue weighted by atomic mass is 10.3. The molecule has 0 saturated carbocycles. The Hall–Kier alpha value is -2.12. The Bertz CT molecular complexity index is 629. The number of carbonyl (C=O) groups excluding carboxylic acids is 1. The SMILES string of the molecule is Cn1ncc(C(=O)NCCCN2CCOCC2)c1-n1cccc1. The van der Waals surface area contributed by atoms with Crippen molar-refractivity contribution >= 4 is 5.91 Å². The highest BCUT2D eigenvalue weighted by molar-refractivity contribution is 5.97. The summed E-state index contributed by atoms with van der Waals surface area (Å²) in [4.78, 5) is 14.8. The number of nitrogens with zero attached hydrogens (tertiary/aromatic N) is 4. The molecule has 7 heteroatoms. The van der Waals surface area contributed by atoms with Crippen molar-refractivity contribution in [2.45, 2.75) is 6.42 Å². The Morgan fingerprint density at radius 2 is 2.04 bits per heavy atom. The van der Waals surface area contributed by atoms with Gasteiger partial charge in [-0.25, -0.2) is 0 Å². The van der Waals surface area contributed by atoms with E-state index in [1.807, 2.05) is 36.1 Å². The smallest absolute Gasteiger partial charge is 0.256 e. The van der Waals surface area contributed by atoms with Crippen LogP contribution in [0.2, 0.25) is 0 Å². The molecule has 0 radical (unpaired) electrons. The molecule has 1 amide bonds. The van der Waals surface area contributed by atoms with Crippen molar-refractivity contribution in [1.29, 1.82) is 0 Å². The summed E-state index contributed by atoms with van der Waals surface area (Å²) in [5.41, 5.74) is 0.593. The minimum Gasteiger partial charge on any atom is -0.379 e. The summed E-state index contributed by atoms with van der Waals surface area (Å²) in [7, 11) is 1.84. The van der Waals surface area contributed by atoms with Crippen LogP contribution in [-0.2, 0) is 11.8 Å². The lowest BCUT2D eigenvalue weighted by molar-refractivity contribution is 0.0374. The molecule has 0 bridgehead atoms. The van der Waals surface area contributed by atoms with Gasteiger partial charge in [-0.1, -0.05) is 0 Å². The molecule has 3 rings (SSSR count). The zero-order chi connectivity index (χ0) is 16.1. The Morgan fingerprint density at radius 3 is 2.78 bits per heavy atom. The van der Waals surface area contributed by atoms with Crippen LogP contribution in [0.5, 0.6) is 0 Å². The summed E-state index contributed by atoms with van der Waals surface area (Å²) in [5.74, 6) is 0.699. The third-order valence-corrected chi connectivity index (χ3v) is 4.04. The summed E-state index contributed by atoms with van der Waals surface area (Å²) in [5, 5.41) is 7.20. The van der Waals surface area contributed by atoms with E-state index >= 15 is 0 Å². The maximum Gasteiger partial charge on any atom is 0.256 e. The van der Waals surface area contributed by atoms with Crippen LogP contribution in [0.4, 0.5) is 0 Å². The van der Waals surface area contributed by atoms with Crippen molar-refractivity contribution in [3.63, 3.8) is 0 Å². The zero-order valence-corrected chi connectivity index (χ0v) is 13.4. The first kappa shape index (κ1) is 15.8. The number of amides is 1. The van der Waals surface area contributed by atoms with Gasteiger partial charge in [0, 0.05) is 39.1 Å². The first-order valence-corrected chi connectivity index (χ1v) is 7.99. The predicted octanol–water partition coefficient (Wildman–Crippen LogP) is 0.663. The van der Waals surface area contributed by atoms with Gasteiger partial charge < -0.3 is 14.6 Å². The number of aryl methyl sites for hydroxylation is 1. The quantitative estimate of drug-likeness (QED) is 0.795. The number of aromatic nitrogens is 3. The highest BCUT2D eigenvalue weighted by atomic mass is 16.5. The minimum absolute atomic E-state index is 0.0798. The van der Waals surface area contributed by atoms with Crippen LogP contribution in [0.15, 0.2) is 30.7 Å². The number of morpholine rings is 1. The average molecular weight is 317 g/mol. The minimum atomic E-state index is -0.0798. The van der Waals surface area contributed by atoms with Gasteiger partial charge in [-0.05, 0) is 25.1 Å². The second-order valence-corrected chi connectivity index (χ2v) is 5.66. The fraction of sp³-hybridized carbons (Fsp3) is 0.500.